The van der Waals surface area contributed by atoms with Gasteiger partial charge < -0.3 is 4.42 Å². The number of Topliss-reactive ketones (excluding diaryl/α,β-unsaturated/α-hetero) is 1. The molecule has 0 bridgehead atoms. The van der Waals surface area contributed by atoms with Crippen LogP contribution in [-0.2, 0) is 15.1 Å². The van der Waals surface area contributed by atoms with Crippen molar-refractivity contribution in [3.05, 3.63) is 30.5 Å². The normalized spacial score (nSPS) is 14.3. The number of tetrazole rings is 1. The first-order valence-electron chi connectivity index (χ1n) is 4.46. The van der Waals surface area contributed by atoms with Gasteiger partial charge in [0.2, 0.25) is 5.54 Å². The van der Waals surface area contributed by atoms with Gasteiger partial charge in [0.05, 0.1) is 6.26 Å². The van der Waals surface area contributed by atoms with Crippen molar-refractivity contribution in [3.63, 3.8) is 0 Å². The first-order chi connectivity index (χ1) is 7.71. The summed E-state index contributed by atoms with van der Waals surface area (Å²) in [5.41, 5.74) is -1.62. The highest BCUT2D eigenvalue weighted by atomic mass is 16.3. The minimum absolute atomic E-state index is 0.183. The second-order valence-electron chi connectivity index (χ2n) is 3.17. The van der Waals surface area contributed by atoms with Crippen LogP contribution in [0.3, 0.4) is 0 Å². The molecule has 2 heterocycles. The maximum absolute atomic E-state index is 11.7. The Balaban J connectivity index is 2.66. The summed E-state index contributed by atoms with van der Waals surface area (Å²) in [7, 11) is 0. The minimum Gasteiger partial charge on any atom is -0.466 e. The number of aldehydes is 1. The second kappa shape index (κ2) is 3.69. The Hall–Kier alpha value is -2.31. The molecule has 0 aliphatic rings. The molecule has 0 spiro atoms. The van der Waals surface area contributed by atoms with E-state index in [1.807, 2.05) is 0 Å². The zero-order valence-corrected chi connectivity index (χ0v) is 8.40. The molecule has 1 atom stereocenters. The van der Waals surface area contributed by atoms with Crippen LogP contribution in [0, 0.1) is 0 Å². The summed E-state index contributed by atoms with van der Waals surface area (Å²) in [6.07, 6.45) is 3.03. The third-order valence-electron chi connectivity index (χ3n) is 2.31. The van der Waals surface area contributed by atoms with E-state index in [-0.39, 0.29) is 5.76 Å². The molecule has 0 aromatic carbocycles. The molecule has 0 aliphatic heterocycles. The predicted molar refractivity (Wildman–Crippen MR) is 50.3 cm³/mol. The predicted octanol–water partition coefficient (Wildman–Crippen LogP) is -0.202. The van der Waals surface area contributed by atoms with Crippen molar-refractivity contribution in [2.75, 3.05) is 0 Å². The van der Waals surface area contributed by atoms with Gasteiger partial charge in [0, 0.05) is 0 Å². The van der Waals surface area contributed by atoms with E-state index >= 15 is 0 Å². The molecule has 1 unspecified atom stereocenters. The van der Waals surface area contributed by atoms with Crippen molar-refractivity contribution in [2.24, 2.45) is 0 Å². The van der Waals surface area contributed by atoms with Crippen molar-refractivity contribution in [1.82, 2.24) is 20.2 Å². The van der Waals surface area contributed by atoms with Crippen molar-refractivity contribution >= 4 is 12.1 Å². The lowest BCUT2D eigenvalue weighted by Gasteiger charge is -2.21. The van der Waals surface area contributed by atoms with E-state index in [4.69, 9.17) is 4.42 Å². The van der Waals surface area contributed by atoms with Crippen molar-refractivity contribution in [2.45, 2.75) is 12.5 Å². The van der Waals surface area contributed by atoms with Gasteiger partial charge in [-0.1, -0.05) is 0 Å². The summed E-state index contributed by atoms with van der Waals surface area (Å²) in [6.45, 7) is 1.28. The van der Waals surface area contributed by atoms with Crippen molar-refractivity contribution in [3.8, 4) is 0 Å². The monoisotopic (exact) mass is 220 g/mol. The summed E-state index contributed by atoms with van der Waals surface area (Å²) >= 11 is 0. The quantitative estimate of drug-likeness (QED) is 0.523. The molecule has 82 valence electrons. The van der Waals surface area contributed by atoms with Crippen LogP contribution in [0.15, 0.2) is 29.1 Å². The van der Waals surface area contributed by atoms with E-state index in [0.29, 0.717) is 6.29 Å². The molecular formula is C9H8N4O3. The smallest absolute Gasteiger partial charge is 0.235 e. The van der Waals surface area contributed by atoms with Gasteiger partial charge in [-0.15, -0.1) is 5.10 Å². The molecule has 7 heteroatoms. The molecule has 0 saturated heterocycles. The van der Waals surface area contributed by atoms with Gasteiger partial charge in [-0.3, -0.25) is 9.59 Å². The molecule has 0 saturated carbocycles. The van der Waals surface area contributed by atoms with Gasteiger partial charge in [0.1, 0.15) is 12.1 Å². The standard InChI is InChI=1S/C9H8N4O3/c1-7(15)9(5-14,8-3-2-4-16-8)13-6-10-11-12-13/h2-6H,1H3. The van der Waals surface area contributed by atoms with E-state index < -0.39 is 11.3 Å². The Morgan fingerprint density at radius 3 is 2.88 bits per heavy atom. The highest BCUT2D eigenvalue weighted by Crippen LogP contribution is 2.24. The fourth-order valence-electron chi connectivity index (χ4n) is 1.46. The maximum atomic E-state index is 11.7. The number of hydrogen-bond donors (Lipinski definition) is 0. The molecule has 0 fully saturated rings. The molecule has 16 heavy (non-hydrogen) atoms. The average molecular weight is 220 g/mol. The van der Waals surface area contributed by atoms with Gasteiger partial charge in [0.15, 0.2) is 12.1 Å². The second-order valence-corrected chi connectivity index (χ2v) is 3.17. The zero-order valence-electron chi connectivity index (χ0n) is 8.40. The first kappa shape index (κ1) is 10.2. The minimum atomic E-state index is -1.62. The van der Waals surface area contributed by atoms with Gasteiger partial charge >= 0.3 is 0 Å². The number of ketones is 1. The van der Waals surface area contributed by atoms with Crippen molar-refractivity contribution < 1.29 is 14.0 Å². The molecule has 2 aromatic rings. The fraction of sp³-hybridized carbons (Fsp3) is 0.222. The van der Waals surface area contributed by atoms with E-state index in [2.05, 4.69) is 15.5 Å². The SMILES string of the molecule is CC(=O)C(C=O)(c1ccco1)n1cnnn1. The van der Waals surface area contributed by atoms with Gasteiger partial charge in [-0.2, -0.15) is 0 Å². The van der Waals surface area contributed by atoms with Crippen LogP contribution in [0.5, 0.6) is 0 Å². The number of rotatable bonds is 4. The Bertz CT molecular complexity index is 455. The summed E-state index contributed by atoms with van der Waals surface area (Å²) < 4.78 is 6.18. The molecule has 2 aromatic heterocycles. The third-order valence-corrected chi connectivity index (χ3v) is 2.31. The van der Waals surface area contributed by atoms with Crippen LogP contribution < -0.4 is 0 Å². The van der Waals surface area contributed by atoms with E-state index in [0.717, 1.165) is 4.68 Å². The maximum Gasteiger partial charge on any atom is 0.235 e. The number of carbonyl (C=O) groups excluding carboxylic acids is 2. The lowest BCUT2D eigenvalue weighted by atomic mass is 9.94. The lowest BCUT2D eigenvalue weighted by molar-refractivity contribution is -0.130. The topological polar surface area (TPSA) is 90.9 Å². The number of nitrogens with zero attached hydrogens (tertiary/aromatic N) is 4. The summed E-state index contributed by atoms with van der Waals surface area (Å²) in [4.78, 5) is 23.0. The molecule has 0 amide bonds. The number of hydrogen-bond acceptors (Lipinski definition) is 6. The highest BCUT2D eigenvalue weighted by molar-refractivity contribution is 6.02. The van der Waals surface area contributed by atoms with Crippen LogP contribution in [0.2, 0.25) is 0 Å². The molecule has 0 radical (unpaired) electrons. The Morgan fingerprint density at radius 1 is 1.62 bits per heavy atom. The van der Waals surface area contributed by atoms with Crippen LogP contribution in [0.25, 0.3) is 0 Å². The summed E-state index contributed by atoms with van der Waals surface area (Å²) in [5, 5.41) is 10.4. The van der Waals surface area contributed by atoms with Crippen LogP contribution in [0.1, 0.15) is 12.7 Å². The van der Waals surface area contributed by atoms with E-state index in [1.54, 1.807) is 6.07 Å². The number of carbonyl (C=O) groups is 2. The zero-order chi connectivity index (χ0) is 11.6. The van der Waals surface area contributed by atoms with Gasteiger partial charge in [0.25, 0.3) is 0 Å². The molecular weight excluding hydrogens is 212 g/mol. The van der Waals surface area contributed by atoms with E-state index in [9.17, 15) is 9.59 Å². The lowest BCUT2D eigenvalue weighted by Crippen LogP contribution is -2.43. The van der Waals surface area contributed by atoms with Gasteiger partial charge in [-0.25, -0.2) is 4.68 Å². The summed E-state index contributed by atoms with van der Waals surface area (Å²) in [6, 6.07) is 3.11. The van der Waals surface area contributed by atoms with E-state index in [1.165, 1.54) is 25.6 Å². The number of furan rings is 1. The van der Waals surface area contributed by atoms with Crippen LogP contribution in [0.4, 0.5) is 0 Å². The third kappa shape index (κ3) is 1.25. The van der Waals surface area contributed by atoms with Gasteiger partial charge in [-0.05, 0) is 29.5 Å². The molecule has 2 rings (SSSR count). The number of aromatic nitrogens is 4. The van der Waals surface area contributed by atoms with Crippen LogP contribution >= 0.6 is 0 Å². The molecule has 7 nitrogen and oxygen atoms in total. The molecule has 0 N–H and O–H groups in total. The van der Waals surface area contributed by atoms with Crippen molar-refractivity contribution in [1.29, 1.82) is 0 Å². The molecule has 0 aliphatic carbocycles. The Kier molecular flexibility index (Phi) is 2.35. The average Bonchev–Trinajstić information content (AvgIpc) is 2.89. The highest BCUT2D eigenvalue weighted by Gasteiger charge is 2.43. The first-order valence-corrected chi connectivity index (χ1v) is 4.46. The Morgan fingerprint density at radius 2 is 2.44 bits per heavy atom. The summed E-state index contributed by atoms with van der Waals surface area (Å²) in [5.74, 6) is -0.243. The fourth-order valence-corrected chi connectivity index (χ4v) is 1.46. The largest absolute Gasteiger partial charge is 0.466 e. The van der Waals surface area contributed by atoms with Crippen LogP contribution in [-0.4, -0.2) is 32.3 Å². The Labute approximate surface area is 90.0 Å².